The summed E-state index contributed by atoms with van der Waals surface area (Å²) in [5.41, 5.74) is 0. The minimum Gasteiger partial charge on any atom is -0.0845 e. The summed E-state index contributed by atoms with van der Waals surface area (Å²) in [6, 6.07) is 0. The molecule has 0 aromatic heterocycles. The minimum absolute atomic E-state index is 1.10. The first-order valence-corrected chi connectivity index (χ1v) is 7.02. The molecule has 0 aromatic rings. The summed E-state index contributed by atoms with van der Waals surface area (Å²) in [7, 11) is 0. The summed E-state index contributed by atoms with van der Waals surface area (Å²) in [6.07, 6.45) is 21.9. The predicted octanol–water partition coefficient (Wildman–Crippen LogP) is 5.85. The molecular formula is C16H29. The van der Waals surface area contributed by atoms with Gasteiger partial charge in [0.15, 0.2) is 0 Å². The van der Waals surface area contributed by atoms with Crippen molar-refractivity contribution >= 4 is 0 Å². The molecule has 16 heavy (non-hydrogen) atoms. The topological polar surface area (TPSA) is 0 Å². The standard InChI is InChI=1S/C16H29/c1-3-5-7-9-11-13-15-16-14-12-10-8-6-4-2/h10,12,14,16H,1,3-9,11,13,15H2,2H3. The molecule has 0 aromatic carbocycles. The molecule has 0 heterocycles. The largest absolute Gasteiger partial charge is 0.0845 e. The number of unbranched alkanes of at least 4 members (excludes halogenated alkanes) is 8. The van der Waals surface area contributed by atoms with Crippen molar-refractivity contribution in [2.45, 2.75) is 71.1 Å². The second kappa shape index (κ2) is 14.5. The first kappa shape index (κ1) is 15.5. The molecule has 0 unspecified atom stereocenters. The molecule has 0 saturated heterocycles. The second-order valence-corrected chi connectivity index (χ2v) is 4.41. The highest BCUT2D eigenvalue weighted by atomic mass is 13.9. The smallest absolute Gasteiger partial charge is 0.0348 e. The maximum absolute atomic E-state index is 3.86. The molecule has 93 valence electrons. The lowest BCUT2D eigenvalue weighted by atomic mass is 10.1. The van der Waals surface area contributed by atoms with Crippen LogP contribution in [-0.4, -0.2) is 0 Å². The van der Waals surface area contributed by atoms with E-state index in [0.717, 1.165) is 6.42 Å². The fourth-order valence-corrected chi connectivity index (χ4v) is 1.64. The Morgan fingerprint density at radius 1 is 0.750 bits per heavy atom. The van der Waals surface area contributed by atoms with Crippen LogP contribution in [0.5, 0.6) is 0 Å². The van der Waals surface area contributed by atoms with Crippen LogP contribution in [0.2, 0.25) is 0 Å². The number of allylic oxidation sites excluding steroid dienone is 4. The van der Waals surface area contributed by atoms with Gasteiger partial charge in [0, 0.05) is 0 Å². The van der Waals surface area contributed by atoms with Crippen molar-refractivity contribution in [3.8, 4) is 0 Å². The summed E-state index contributed by atoms with van der Waals surface area (Å²) < 4.78 is 0. The van der Waals surface area contributed by atoms with Gasteiger partial charge in [-0.1, -0.05) is 83.1 Å². The number of rotatable bonds is 11. The SMILES string of the molecule is [CH2]CCCCCCCC=CC=CCCCC. The highest BCUT2D eigenvalue weighted by Gasteiger charge is 1.87. The molecule has 0 atom stereocenters. The quantitative estimate of drug-likeness (QED) is 0.303. The highest BCUT2D eigenvalue weighted by molar-refractivity contribution is 5.02. The molecule has 0 aliphatic heterocycles. The molecule has 0 amide bonds. The Labute approximate surface area is 103 Å². The Morgan fingerprint density at radius 2 is 1.31 bits per heavy atom. The van der Waals surface area contributed by atoms with E-state index in [4.69, 9.17) is 0 Å². The lowest BCUT2D eigenvalue weighted by Crippen LogP contribution is -1.77. The van der Waals surface area contributed by atoms with Crippen LogP contribution in [0, 0.1) is 6.92 Å². The average Bonchev–Trinajstić information content (AvgIpc) is 2.31. The third-order valence-electron chi connectivity index (χ3n) is 2.73. The van der Waals surface area contributed by atoms with Crippen LogP contribution in [0.3, 0.4) is 0 Å². The summed E-state index contributed by atoms with van der Waals surface area (Å²) >= 11 is 0. The van der Waals surface area contributed by atoms with Gasteiger partial charge in [-0.05, 0) is 19.3 Å². The maximum atomic E-state index is 3.86. The Balaban J connectivity index is 3.12. The van der Waals surface area contributed by atoms with Gasteiger partial charge in [0.05, 0.1) is 0 Å². The van der Waals surface area contributed by atoms with Gasteiger partial charge in [0.2, 0.25) is 0 Å². The van der Waals surface area contributed by atoms with Crippen molar-refractivity contribution in [3.63, 3.8) is 0 Å². The Kier molecular flexibility index (Phi) is 14.0. The van der Waals surface area contributed by atoms with Gasteiger partial charge >= 0.3 is 0 Å². The lowest BCUT2D eigenvalue weighted by molar-refractivity contribution is 0.621. The molecule has 0 fully saturated rings. The van der Waals surface area contributed by atoms with Crippen LogP contribution in [0.15, 0.2) is 24.3 Å². The van der Waals surface area contributed by atoms with Crippen LogP contribution in [0.25, 0.3) is 0 Å². The van der Waals surface area contributed by atoms with E-state index in [1.54, 1.807) is 0 Å². The Morgan fingerprint density at radius 3 is 1.94 bits per heavy atom. The van der Waals surface area contributed by atoms with Gasteiger partial charge in [0.25, 0.3) is 0 Å². The predicted molar refractivity (Wildman–Crippen MR) is 75.5 cm³/mol. The molecule has 0 heteroatoms. The van der Waals surface area contributed by atoms with Crippen LogP contribution in [0.4, 0.5) is 0 Å². The Hall–Kier alpha value is -0.520. The molecule has 0 N–H and O–H groups in total. The summed E-state index contributed by atoms with van der Waals surface area (Å²) in [5.74, 6) is 0. The van der Waals surface area contributed by atoms with Gasteiger partial charge in [-0.3, -0.25) is 0 Å². The van der Waals surface area contributed by atoms with E-state index >= 15 is 0 Å². The third-order valence-corrected chi connectivity index (χ3v) is 2.73. The van der Waals surface area contributed by atoms with Crippen LogP contribution in [-0.2, 0) is 0 Å². The zero-order chi connectivity index (χ0) is 11.9. The maximum Gasteiger partial charge on any atom is -0.0348 e. The van der Waals surface area contributed by atoms with Gasteiger partial charge in [-0.2, -0.15) is 0 Å². The van der Waals surface area contributed by atoms with Crippen molar-refractivity contribution in [3.05, 3.63) is 31.2 Å². The summed E-state index contributed by atoms with van der Waals surface area (Å²) in [4.78, 5) is 0. The fourth-order valence-electron chi connectivity index (χ4n) is 1.64. The molecule has 0 bridgehead atoms. The fraction of sp³-hybridized carbons (Fsp3) is 0.688. The molecule has 0 nitrogen and oxygen atoms in total. The first-order chi connectivity index (χ1) is 7.91. The molecule has 0 saturated carbocycles. The monoisotopic (exact) mass is 221 g/mol. The normalized spacial score (nSPS) is 11.9. The van der Waals surface area contributed by atoms with Crippen molar-refractivity contribution in [1.29, 1.82) is 0 Å². The van der Waals surface area contributed by atoms with Gasteiger partial charge < -0.3 is 0 Å². The molecular weight excluding hydrogens is 192 g/mol. The molecule has 0 aliphatic rings. The van der Waals surface area contributed by atoms with E-state index in [2.05, 4.69) is 38.2 Å². The van der Waals surface area contributed by atoms with Gasteiger partial charge in [-0.15, -0.1) is 0 Å². The van der Waals surface area contributed by atoms with Crippen molar-refractivity contribution in [2.75, 3.05) is 0 Å². The van der Waals surface area contributed by atoms with E-state index < -0.39 is 0 Å². The minimum atomic E-state index is 1.10. The van der Waals surface area contributed by atoms with Crippen molar-refractivity contribution < 1.29 is 0 Å². The van der Waals surface area contributed by atoms with E-state index in [-0.39, 0.29) is 0 Å². The summed E-state index contributed by atoms with van der Waals surface area (Å²) in [5, 5.41) is 0. The van der Waals surface area contributed by atoms with Crippen LogP contribution in [0.1, 0.15) is 71.1 Å². The van der Waals surface area contributed by atoms with Crippen molar-refractivity contribution in [1.82, 2.24) is 0 Å². The molecule has 0 aliphatic carbocycles. The molecule has 1 radical (unpaired) electrons. The van der Waals surface area contributed by atoms with Crippen LogP contribution < -0.4 is 0 Å². The van der Waals surface area contributed by atoms with E-state index in [1.165, 1.54) is 57.8 Å². The van der Waals surface area contributed by atoms with Gasteiger partial charge in [0.1, 0.15) is 0 Å². The van der Waals surface area contributed by atoms with E-state index in [0.29, 0.717) is 0 Å². The van der Waals surface area contributed by atoms with Gasteiger partial charge in [-0.25, -0.2) is 0 Å². The van der Waals surface area contributed by atoms with E-state index in [9.17, 15) is 0 Å². The Bertz CT molecular complexity index is 165. The first-order valence-electron chi connectivity index (χ1n) is 7.02. The third kappa shape index (κ3) is 13.5. The highest BCUT2D eigenvalue weighted by Crippen LogP contribution is 2.07. The number of hydrogen-bond donors (Lipinski definition) is 0. The molecule has 0 spiro atoms. The van der Waals surface area contributed by atoms with Crippen molar-refractivity contribution in [2.24, 2.45) is 0 Å². The van der Waals surface area contributed by atoms with Crippen LogP contribution >= 0.6 is 0 Å². The second-order valence-electron chi connectivity index (χ2n) is 4.41. The lowest BCUT2D eigenvalue weighted by Gasteiger charge is -1.97. The van der Waals surface area contributed by atoms with E-state index in [1.807, 2.05) is 0 Å². The average molecular weight is 221 g/mol. The summed E-state index contributed by atoms with van der Waals surface area (Å²) in [6.45, 7) is 6.09. The zero-order valence-electron chi connectivity index (χ0n) is 11.1. The molecule has 0 rings (SSSR count). The number of hydrogen-bond acceptors (Lipinski definition) is 0. The zero-order valence-corrected chi connectivity index (χ0v) is 11.1.